The van der Waals surface area contributed by atoms with E-state index in [2.05, 4.69) is 5.32 Å². The van der Waals surface area contributed by atoms with Crippen LogP contribution in [-0.4, -0.2) is 23.8 Å². The van der Waals surface area contributed by atoms with Crippen molar-refractivity contribution in [1.82, 2.24) is 10.2 Å². The van der Waals surface area contributed by atoms with Crippen LogP contribution < -0.4 is 5.32 Å². The molecular weight excluding hydrogens is 307 g/mol. The molecule has 1 N–H and O–H groups in total. The minimum absolute atomic E-state index is 0.0941. The first-order chi connectivity index (χ1) is 11.5. The molecule has 1 aliphatic heterocycles. The first-order valence-electron chi connectivity index (χ1n) is 7.83. The quantitative estimate of drug-likeness (QED) is 0.942. The number of hydrogen-bond donors (Lipinski definition) is 1. The summed E-state index contributed by atoms with van der Waals surface area (Å²) < 4.78 is 13.8. The van der Waals surface area contributed by atoms with Crippen molar-refractivity contribution in [3.05, 3.63) is 70.5 Å². The Morgan fingerprint density at radius 2 is 2.04 bits per heavy atom. The first-order valence-corrected chi connectivity index (χ1v) is 7.83. The number of amides is 2. The molecule has 0 radical (unpaired) electrons. The smallest absolute Gasteiger partial charge is 0.249 e. The summed E-state index contributed by atoms with van der Waals surface area (Å²) in [5.41, 5.74) is 3.03. The SMILES string of the molecule is Cc1ccc(F)c(CC(=O)N[C@@H]2C(=O)N(C)Cc3ccccc32)c1. The van der Waals surface area contributed by atoms with Crippen molar-refractivity contribution < 1.29 is 14.0 Å². The predicted molar refractivity (Wildman–Crippen MR) is 88.6 cm³/mol. The highest BCUT2D eigenvalue weighted by Gasteiger charge is 2.32. The number of halogens is 1. The lowest BCUT2D eigenvalue weighted by Crippen LogP contribution is -2.45. The van der Waals surface area contributed by atoms with Crippen LogP contribution in [0.2, 0.25) is 0 Å². The number of fused-ring (bicyclic) bond motifs is 1. The Bertz CT molecular complexity index is 804. The molecule has 0 bridgehead atoms. The van der Waals surface area contributed by atoms with Gasteiger partial charge in [0.2, 0.25) is 11.8 Å². The summed E-state index contributed by atoms with van der Waals surface area (Å²) >= 11 is 0. The zero-order valence-corrected chi connectivity index (χ0v) is 13.7. The predicted octanol–water partition coefficient (Wildman–Crippen LogP) is 2.51. The van der Waals surface area contributed by atoms with Crippen LogP contribution in [0.4, 0.5) is 4.39 Å². The summed E-state index contributed by atoms with van der Waals surface area (Å²) in [6, 6.07) is 11.5. The molecule has 0 unspecified atom stereocenters. The van der Waals surface area contributed by atoms with Gasteiger partial charge in [-0.3, -0.25) is 9.59 Å². The second-order valence-electron chi connectivity index (χ2n) is 6.17. The molecule has 0 spiro atoms. The van der Waals surface area contributed by atoms with Gasteiger partial charge in [-0.1, -0.05) is 42.0 Å². The summed E-state index contributed by atoms with van der Waals surface area (Å²) in [6.07, 6.45) is -0.0941. The number of carbonyl (C=O) groups is 2. The maximum absolute atomic E-state index is 13.8. The number of benzene rings is 2. The van der Waals surface area contributed by atoms with Crippen molar-refractivity contribution in [3.8, 4) is 0 Å². The van der Waals surface area contributed by atoms with E-state index >= 15 is 0 Å². The third-order valence-corrected chi connectivity index (χ3v) is 4.25. The molecule has 1 heterocycles. The third-order valence-electron chi connectivity index (χ3n) is 4.25. The molecule has 0 aliphatic carbocycles. The highest BCUT2D eigenvalue weighted by Crippen LogP contribution is 2.26. The average Bonchev–Trinajstić information content (AvgIpc) is 2.55. The molecule has 124 valence electrons. The van der Waals surface area contributed by atoms with E-state index < -0.39 is 11.9 Å². The van der Waals surface area contributed by atoms with E-state index in [4.69, 9.17) is 0 Å². The zero-order valence-electron chi connectivity index (χ0n) is 13.7. The van der Waals surface area contributed by atoms with Crippen LogP contribution >= 0.6 is 0 Å². The monoisotopic (exact) mass is 326 g/mol. The van der Waals surface area contributed by atoms with E-state index in [1.165, 1.54) is 6.07 Å². The van der Waals surface area contributed by atoms with E-state index in [1.807, 2.05) is 31.2 Å². The fourth-order valence-electron chi connectivity index (χ4n) is 3.01. The molecule has 2 amide bonds. The molecular formula is C19H19FN2O2. The van der Waals surface area contributed by atoms with Gasteiger partial charge in [-0.2, -0.15) is 0 Å². The molecule has 2 aromatic carbocycles. The number of hydrogen-bond acceptors (Lipinski definition) is 2. The minimum Gasteiger partial charge on any atom is -0.340 e. The normalized spacial score (nSPS) is 16.7. The van der Waals surface area contributed by atoms with Gasteiger partial charge in [0.15, 0.2) is 0 Å². The standard InChI is InChI=1S/C19H19FN2O2/c1-12-7-8-16(20)14(9-12)10-17(23)21-18-15-6-4-3-5-13(15)11-22(2)19(18)24/h3-9,18H,10-11H2,1-2H3,(H,21,23)/t18-/m0/s1. The maximum atomic E-state index is 13.8. The van der Waals surface area contributed by atoms with Crippen LogP contribution in [0, 0.1) is 12.7 Å². The summed E-state index contributed by atoms with van der Waals surface area (Å²) in [5, 5.41) is 2.75. The van der Waals surface area contributed by atoms with Gasteiger partial charge in [0.1, 0.15) is 11.9 Å². The molecule has 0 aromatic heterocycles. The van der Waals surface area contributed by atoms with Crippen LogP contribution in [0.3, 0.4) is 0 Å². The molecule has 0 fully saturated rings. The Hall–Kier alpha value is -2.69. The van der Waals surface area contributed by atoms with Crippen molar-refractivity contribution in [3.63, 3.8) is 0 Å². The van der Waals surface area contributed by atoms with Gasteiger partial charge in [0, 0.05) is 13.6 Å². The minimum atomic E-state index is -0.722. The lowest BCUT2D eigenvalue weighted by molar-refractivity contribution is -0.136. The Kier molecular flexibility index (Phi) is 4.34. The van der Waals surface area contributed by atoms with E-state index in [-0.39, 0.29) is 18.2 Å². The molecule has 2 aromatic rings. The molecule has 4 nitrogen and oxygen atoms in total. The molecule has 1 atom stereocenters. The summed E-state index contributed by atoms with van der Waals surface area (Å²) in [6.45, 7) is 2.37. The van der Waals surface area contributed by atoms with Gasteiger partial charge >= 0.3 is 0 Å². The number of likely N-dealkylation sites (N-methyl/N-ethyl adjacent to an activating group) is 1. The van der Waals surface area contributed by atoms with E-state index in [1.54, 1.807) is 24.1 Å². The lowest BCUT2D eigenvalue weighted by atomic mass is 9.94. The van der Waals surface area contributed by atoms with Crippen molar-refractivity contribution in [2.24, 2.45) is 0 Å². The van der Waals surface area contributed by atoms with Gasteiger partial charge in [0.05, 0.1) is 6.42 Å². The first kappa shape index (κ1) is 16.2. The topological polar surface area (TPSA) is 49.4 Å². The van der Waals surface area contributed by atoms with Gasteiger partial charge < -0.3 is 10.2 Å². The Balaban J connectivity index is 1.81. The number of nitrogens with one attached hydrogen (secondary N) is 1. The fourth-order valence-corrected chi connectivity index (χ4v) is 3.01. The molecule has 0 saturated carbocycles. The number of aryl methyl sites for hydroxylation is 1. The molecule has 24 heavy (non-hydrogen) atoms. The van der Waals surface area contributed by atoms with Crippen LogP contribution in [-0.2, 0) is 22.6 Å². The molecule has 1 aliphatic rings. The molecule has 5 heteroatoms. The van der Waals surface area contributed by atoms with E-state index in [0.29, 0.717) is 12.1 Å². The van der Waals surface area contributed by atoms with Crippen LogP contribution in [0.5, 0.6) is 0 Å². The van der Waals surface area contributed by atoms with Gasteiger partial charge in [-0.15, -0.1) is 0 Å². The second kappa shape index (κ2) is 6.43. The Morgan fingerprint density at radius 1 is 1.29 bits per heavy atom. The van der Waals surface area contributed by atoms with Gasteiger partial charge in [0.25, 0.3) is 0 Å². The third kappa shape index (κ3) is 3.15. The zero-order chi connectivity index (χ0) is 17.3. The van der Waals surface area contributed by atoms with Gasteiger partial charge in [-0.25, -0.2) is 4.39 Å². The number of rotatable bonds is 3. The Labute approximate surface area is 140 Å². The van der Waals surface area contributed by atoms with Gasteiger partial charge in [-0.05, 0) is 29.7 Å². The van der Waals surface area contributed by atoms with E-state index in [0.717, 1.165) is 16.7 Å². The van der Waals surface area contributed by atoms with Crippen LogP contribution in [0.1, 0.15) is 28.3 Å². The molecule has 3 rings (SSSR count). The molecule has 0 saturated heterocycles. The van der Waals surface area contributed by atoms with Crippen molar-refractivity contribution in [2.75, 3.05) is 7.05 Å². The summed E-state index contributed by atoms with van der Waals surface area (Å²) in [4.78, 5) is 26.4. The number of carbonyl (C=O) groups excluding carboxylic acids is 2. The summed E-state index contributed by atoms with van der Waals surface area (Å²) in [7, 11) is 1.71. The largest absolute Gasteiger partial charge is 0.340 e. The fraction of sp³-hybridized carbons (Fsp3) is 0.263. The second-order valence-corrected chi connectivity index (χ2v) is 6.17. The number of nitrogens with zero attached hydrogens (tertiary/aromatic N) is 1. The Morgan fingerprint density at radius 3 is 2.83 bits per heavy atom. The van der Waals surface area contributed by atoms with Crippen molar-refractivity contribution >= 4 is 11.8 Å². The lowest BCUT2D eigenvalue weighted by Gasteiger charge is -2.32. The van der Waals surface area contributed by atoms with Crippen LogP contribution in [0.25, 0.3) is 0 Å². The summed E-state index contributed by atoms with van der Waals surface area (Å²) in [5.74, 6) is -0.946. The van der Waals surface area contributed by atoms with Crippen LogP contribution in [0.15, 0.2) is 42.5 Å². The van der Waals surface area contributed by atoms with E-state index in [9.17, 15) is 14.0 Å². The maximum Gasteiger partial charge on any atom is 0.249 e. The van der Waals surface area contributed by atoms with Crippen molar-refractivity contribution in [2.45, 2.75) is 25.9 Å². The average molecular weight is 326 g/mol. The highest BCUT2D eigenvalue weighted by atomic mass is 19.1. The van der Waals surface area contributed by atoms with Crippen molar-refractivity contribution in [1.29, 1.82) is 0 Å². The highest BCUT2D eigenvalue weighted by molar-refractivity contribution is 5.90.